The molecule has 0 saturated heterocycles. The van der Waals surface area contributed by atoms with E-state index in [0.29, 0.717) is 11.6 Å². The van der Waals surface area contributed by atoms with Crippen LogP contribution in [-0.4, -0.2) is 11.0 Å². The van der Waals surface area contributed by atoms with Crippen molar-refractivity contribution in [2.75, 3.05) is 5.88 Å². The van der Waals surface area contributed by atoms with Crippen molar-refractivity contribution in [1.82, 2.24) is 0 Å². The second-order valence-corrected chi connectivity index (χ2v) is 3.05. The van der Waals surface area contributed by atoms with Crippen LogP contribution in [0.3, 0.4) is 0 Å². The maximum absolute atomic E-state index is 9.03. The zero-order valence-electron chi connectivity index (χ0n) is 4.80. The lowest BCUT2D eigenvalue weighted by Crippen LogP contribution is -1.78. The van der Waals surface area contributed by atoms with Crippen molar-refractivity contribution in [3.63, 3.8) is 0 Å². The average Bonchev–Trinajstić information content (AvgIpc) is 2.18. The summed E-state index contributed by atoms with van der Waals surface area (Å²) < 4.78 is 0. The maximum Gasteiger partial charge on any atom is 0.129 e. The van der Waals surface area contributed by atoms with Crippen molar-refractivity contribution in [2.24, 2.45) is 0 Å². The predicted octanol–water partition coefficient (Wildman–Crippen LogP) is 2.24. The van der Waals surface area contributed by atoms with Crippen LogP contribution in [0.15, 0.2) is 11.4 Å². The van der Waals surface area contributed by atoms with Gasteiger partial charge < -0.3 is 5.11 Å². The molecule has 0 atom stereocenters. The van der Waals surface area contributed by atoms with Gasteiger partial charge in [-0.15, -0.1) is 22.9 Å². The van der Waals surface area contributed by atoms with E-state index in [2.05, 4.69) is 0 Å². The monoisotopic (exact) mass is 162 g/mol. The molecule has 1 aromatic heterocycles. The normalized spacial score (nSPS) is 9.89. The third-order valence-electron chi connectivity index (χ3n) is 1.04. The standard InChI is InChI=1S/C6H7ClOS/c7-3-1-6-5(8)2-4-9-6/h2,4,8H,1,3H2. The van der Waals surface area contributed by atoms with Gasteiger partial charge in [-0.05, 0) is 17.9 Å². The Balaban J connectivity index is 2.69. The van der Waals surface area contributed by atoms with Gasteiger partial charge in [-0.25, -0.2) is 0 Å². The van der Waals surface area contributed by atoms with E-state index < -0.39 is 0 Å². The van der Waals surface area contributed by atoms with Crippen molar-refractivity contribution in [3.05, 3.63) is 16.3 Å². The highest BCUT2D eigenvalue weighted by atomic mass is 35.5. The van der Waals surface area contributed by atoms with E-state index in [-0.39, 0.29) is 0 Å². The first-order valence-corrected chi connectivity index (χ1v) is 4.07. The van der Waals surface area contributed by atoms with Crippen LogP contribution in [0.4, 0.5) is 0 Å². The third-order valence-corrected chi connectivity index (χ3v) is 2.20. The van der Waals surface area contributed by atoms with E-state index >= 15 is 0 Å². The molecule has 1 aromatic rings. The highest BCUT2D eigenvalue weighted by Gasteiger charge is 1.98. The largest absolute Gasteiger partial charge is 0.507 e. The van der Waals surface area contributed by atoms with Gasteiger partial charge in [0, 0.05) is 10.8 Å². The van der Waals surface area contributed by atoms with E-state index in [0.717, 1.165) is 11.3 Å². The molecular weight excluding hydrogens is 156 g/mol. The second-order valence-electron chi connectivity index (χ2n) is 1.67. The second kappa shape index (κ2) is 3.08. The van der Waals surface area contributed by atoms with Crippen molar-refractivity contribution in [1.29, 1.82) is 0 Å². The van der Waals surface area contributed by atoms with E-state index in [1.807, 2.05) is 5.38 Å². The Kier molecular flexibility index (Phi) is 2.37. The molecule has 0 aliphatic carbocycles. The van der Waals surface area contributed by atoms with Crippen molar-refractivity contribution < 1.29 is 5.11 Å². The summed E-state index contributed by atoms with van der Waals surface area (Å²) in [6, 6.07) is 1.69. The fourth-order valence-electron chi connectivity index (χ4n) is 0.607. The zero-order valence-corrected chi connectivity index (χ0v) is 6.37. The Bertz CT molecular complexity index is 185. The van der Waals surface area contributed by atoms with Crippen LogP contribution in [0.5, 0.6) is 5.75 Å². The van der Waals surface area contributed by atoms with Crippen LogP contribution in [0.1, 0.15) is 4.88 Å². The smallest absolute Gasteiger partial charge is 0.129 e. The minimum absolute atomic E-state index is 0.376. The molecule has 0 bridgehead atoms. The van der Waals surface area contributed by atoms with E-state index in [9.17, 15) is 0 Å². The van der Waals surface area contributed by atoms with Crippen LogP contribution in [0.25, 0.3) is 0 Å². The van der Waals surface area contributed by atoms with Gasteiger partial charge in [0.2, 0.25) is 0 Å². The molecule has 0 aliphatic rings. The predicted molar refractivity (Wildman–Crippen MR) is 40.4 cm³/mol. The number of rotatable bonds is 2. The Labute approximate surface area is 62.9 Å². The minimum Gasteiger partial charge on any atom is -0.507 e. The molecule has 3 heteroatoms. The molecule has 0 saturated carbocycles. The van der Waals surface area contributed by atoms with Crippen LogP contribution in [-0.2, 0) is 6.42 Å². The Morgan fingerprint density at radius 2 is 2.44 bits per heavy atom. The maximum atomic E-state index is 9.03. The minimum atomic E-state index is 0.376. The van der Waals surface area contributed by atoms with E-state index in [4.69, 9.17) is 16.7 Å². The molecule has 0 unspecified atom stereocenters. The molecular formula is C6H7ClOS. The van der Waals surface area contributed by atoms with Gasteiger partial charge >= 0.3 is 0 Å². The zero-order chi connectivity index (χ0) is 6.69. The molecule has 0 spiro atoms. The lowest BCUT2D eigenvalue weighted by molar-refractivity contribution is 0.472. The fourth-order valence-corrected chi connectivity index (χ4v) is 1.68. The van der Waals surface area contributed by atoms with Crippen molar-refractivity contribution in [2.45, 2.75) is 6.42 Å². The van der Waals surface area contributed by atoms with Gasteiger partial charge in [0.1, 0.15) is 5.75 Å². The number of hydrogen-bond acceptors (Lipinski definition) is 2. The molecule has 1 rings (SSSR count). The number of halogens is 1. The number of alkyl halides is 1. The summed E-state index contributed by atoms with van der Waals surface area (Å²) >= 11 is 7.00. The molecule has 1 N–H and O–H groups in total. The number of aromatic hydroxyl groups is 1. The van der Waals surface area contributed by atoms with Gasteiger partial charge in [0.15, 0.2) is 0 Å². The van der Waals surface area contributed by atoms with Crippen LogP contribution in [0.2, 0.25) is 0 Å². The molecule has 0 amide bonds. The quantitative estimate of drug-likeness (QED) is 0.662. The molecule has 1 nitrogen and oxygen atoms in total. The topological polar surface area (TPSA) is 20.2 Å². The Morgan fingerprint density at radius 3 is 2.89 bits per heavy atom. The summed E-state index contributed by atoms with van der Waals surface area (Å²) in [5.41, 5.74) is 0. The van der Waals surface area contributed by atoms with Crippen LogP contribution >= 0.6 is 22.9 Å². The molecule has 0 aromatic carbocycles. The van der Waals surface area contributed by atoms with Crippen LogP contribution < -0.4 is 0 Å². The SMILES string of the molecule is Oc1ccsc1CCCl. The first kappa shape index (κ1) is 6.90. The molecule has 0 fully saturated rings. The number of thiophene rings is 1. The van der Waals surface area contributed by atoms with Gasteiger partial charge in [-0.1, -0.05) is 0 Å². The van der Waals surface area contributed by atoms with Gasteiger partial charge in [-0.2, -0.15) is 0 Å². The summed E-state index contributed by atoms with van der Waals surface area (Å²) in [7, 11) is 0. The Morgan fingerprint density at radius 1 is 1.67 bits per heavy atom. The summed E-state index contributed by atoms with van der Waals surface area (Å²) in [6.07, 6.45) is 0.769. The number of hydrogen-bond donors (Lipinski definition) is 1. The summed E-state index contributed by atoms with van der Waals surface area (Å²) in [5.74, 6) is 0.953. The lowest BCUT2D eigenvalue weighted by atomic mass is 10.3. The molecule has 9 heavy (non-hydrogen) atoms. The third kappa shape index (κ3) is 1.60. The molecule has 50 valence electrons. The molecule has 0 radical (unpaired) electrons. The molecule has 1 heterocycles. The number of aryl methyl sites for hydroxylation is 1. The fraction of sp³-hybridized carbons (Fsp3) is 0.333. The first-order valence-electron chi connectivity index (χ1n) is 2.66. The van der Waals surface area contributed by atoms with Crippen molar-refractivity contribution in [3.8, 4) is 5.75 Å². The van der Waals surface area contributed by atoms with E-state index in [1.54, 1.807) is 6.07 Å². The highest BCUT2D eigenvalue weighted by molar-refractivity contribution is 7.10. The summed E-state index contributed by atoms with van der Waals surface area (Å²) in [4.78, 5) is 0.977. The molecule has 0 aliphatic heterocycles. The van der Waals surface area contributed by atoms with Gasteiger partial charge in [0.25, 0.3) is 0 Å². The van der Waals surface area contributed by atoms with Crippen molar-refractivity contribution >= 4 is 22.9 Å². The van der Waals surface area contributed by atoms with Gasteiger partial charge in [-0.3, -0.25) is 0 Å². The van der Waals surface area contributed by atoms with E-state index in [1.165, 1.54) is 11.3 Å². The summed E-state index contributed by atoms with van der Waals surface area (Å²) in [6.45, 7) is 0. The van der Waals surface area contributed by atoms with Crippen LogP contribution in [0, 0.1) is 0 Å². The first-order chi connectivity index (χ1) is 4.34. The lowest BCUT2D eigenvalue weighted by Gasteiger charge is -1.90. The summed E-state index contributed by atoms with van der Waals surface area (Å²) in [5, 5.41) is 10.9. The Hall–Kier alpha value is -0.210. The van der Waals surface area contributed by atoms with Gasteiger partial charge in [0.05, 0.1) is 0 Å². The average molecular weight is 163 g/mol. The highest BCUT2D eigenvalue weighted by Crippen LogP contribution is 2.23.